The number of imidazole rings is 1. The number of pyridine rings is 1. The molecule has 0 bridgehead atoms. The predicted octanol–water partition coefficient (Wildman–Crippen LogP) is 7.20. The number of anilines is 2. The minimum Gasteiger partial charge on any atom is -0.379 e. The van der Waals surface area contributed by atoms with Gasteiger partial charge in [-0.25, -0.2) is 4.98 Å². The van der Waals surface area contributed by atoms with E-state index in [1.54, 1.807) is 0 Å². The quantitative estimate of drug-likeness (QED) is 0.317. The smallest absolute Gasteiger partial charge is 0.137 e. The molecule has 0 aliphatic carbocycles. The molecule has 1 aliphatic heterocycles. The fraction of sp³-hybridized carbons (Fsp3) is 0.296. The predicted molar refractivity (Wildman–Crippen MR) is 139 cm³/mol. The molecule has 1 N–H and O–H groups in total. The van der Waals surface area contributed by atoms with Gasteiger partial charge in [-0.15, -0.1) is 0 Å². The maximum absolute atomic E-state index is 6.22. The van der Waals surface area contributed by atoms with Gasteiger partial charge in [-0.3, -0.25) is 0 Å². The van der Waals surface area contributed by atoms with E-state index in [2.05, 4.69) is 57.9 Å². The standard InChI is InChI=1S/C27H28Cl2N4/c1-2-25-26(33-18-22(29)7-12-27(33)31-25)17-30-23-8-10-24(11-9-23)32-15-13-20(14-16-32)19-3-5-21(28)6-4-19/h3-12,18,20,30H,2,13-17H2,1H3. The number of fused-ring (bicyclic) bond motifs is 1. The molecule has 6 heteroatoms. The van der Waals surface area contributed by atoms with Crippen LogP contribution in [0.3, 0.4) is 0 Å². The van der Waals surface area contributed by atoms with Crippen molar-refractivity contribution in [2.45, 2.75) is 38.6 Å². The van der Waals surface area contributed by atoms with Crippen molar-refractivity contribution in [2.75, 3.05) is 23.3 Å². The molecule has 0 radical (unpaired) electrons. The lowest BCUT2D eigenvalue weighted by molar-refractivity contribution is 0.505. The van der Waals surface area contributed by atoms with Crippen LogP contribution in [-0.2, 0) is 13.0 Å². The van der Waals surface area contributed by atoms with E-state index in [4.69, 9.17) is 28.2 Å². The van der Waals surface area contributed by atoms with Crippen LogP contribution in [0.25, 0.3) is 5.65 Å². The highest BCUT2D eigenvalue weighted by molar-refractivity contribution is 6.30. The van der Waals surface area contributed by atoms with Gasteiger partial charge in [0, 0.05) is 35.7 Å². The molecule has 1 aliphatic rings. The molecule has 2 aromatic carbocycles. The number of benzene rings is 2. The summed E-state index contributed by atoms with van der Waals surface area (Å²) in [5.74, 6) is 0.617. The number of nitrogens with one attached hydrogen (secondary N) is 1. The van der Waals surface area contributed by atoms with Crippen molar-refractivity contribution >= 4 is 40.2 Å². The fourth-order valence-corrected chi connectivity index (χ4v) is 5.05. The summed E-state index contributed by atoms with van der Waals surface area (Å²) in [5, 5.41) is 5.09. The van der Waals surface area contributed by atoms with Crippen LogP contribution >= 0.6 is 23.2 Å². The summed E-state index contributed by atoms with van der Waals surface area (Å²) in [6.45, 7) is 4.99. The van der Waals surface area contributed by atoms with Gasteiger partial charge in [0.15, 0.2) is 0 Å². The van der Waals surface area contributed by atoms with Crippen molar-refractivity contribution in [1.29, 1.82) is 0 Å². The molecule has 2 aromatic heterocycles. The zero-order valence-corrected chi connectivity index (χ0v) is 20.3. The molecule has 3 heterocycles. The number of aromatic nitrogens is 2. The molecule has 0 spiro atoms. The Bertz CT molecular complexity index is 1220. The van der Waals surface area contributed by atoms with Crippen LogP contribution in [0.2, 0.25) is 10.0 Å². The first-order valence-electron chi connectivity index (χ1n) is 11.6. The summed E-state index contributed by atoms with van der Waals surface area (Å²) in [6.07, 6.45) is 5.16. The van der Waals surface area contributed by atoms with Crippen LogP contribution in [0.4, 0.5) is 11.4 Å². The van der Waals surface area contributed by atoms with Gasteiger partial charge in [0.1, 0.15) is 5.65 Å². The maximum Gasteiger partial charge on any atom is 0.137 e. The number of rotatable bonds is 6. The first kappa shape index (κ1) is 22.1. The molecule has 0 unspecified atom stereocenters. The van der Waals surface area contributed by atoms with Gasteiger partial charge >= 0.3 is 0 Å². The number of hydrogen-bond acceptors (Lipinski definition) is 3. The molecule has 1 fully saturated rings. The highest BCUT2D eigenvalue weighted by Crippen LogP contribution is 2.31. The number of aryl methyl sites for hydroxylation is 1. The zero-order chi connectivity index (χ0) is 22.8. The molecular formula is C27H28Cl2N4. The molecule has 0 atom stereocenters. The molecular weight excluding hydrogens is 451 g/mol. The van der Waals surface area contributed by atoms with Gasteiger partial charge in [0.05, 0.1) is 23.0 Å². The lowest BCUT2D eigenvalue weighted by Gasteiger charge is -2.34. The molecule has 4 aromatic rings. The average molecular weight is 479 g/mol. The molecule has 33 heavy (non-hydrogen) atoms. The summed E-state index contributed by atoms with van der Waals surface area (Å²) in [5.41, 5.74) is 6.98. The van der Waals surface area contributed by atoms with E-state index in [0.717, 1.165) is 60.1 Å². The summed E-state index contributed by atoms with van der Waals surface area (Å²) < 4.78 is 2.09. The third-order valence-electron chi connectivity index (χ3n) is 6.63. The third kappa shape index (κ3) is 4.83. The Kier molecular flexibility index (Phi) is 6.48. The number of hydrogen-bond donors (Lipinski definition) is 1. The first-order chi connectivity index (χ1) is 16.1. The molecule has 0 saturated carbocycles. The Morgan fingerprint density at radius 3 is 2.30 bits per heavy atom. The van der Waals surface area contributed by atoms with Crippen LogP contribution in [0.15, 0.2) is 66.9 Å². The van der Waals surface area contributed by atoms with E-state index in [1.165, 1.54) is 11.3 Å². The fourth-order valence-electron chi connectivity index (χ4n) is 4.77. The van der Waals surface area contributed by atoms with Gasteiger partial charge in [-0.2, -0.15) is 0 Å². The number of halogens is 2. The highest BCUT2D eigenvalue weighted by atomic mass is 35.5. The lowest BCUT2D eigenvalue weighted by Crippen LogP contribution is -2.32. The van der Waals surface area contributed by atoms with E-state index < -0.39 is 0 Å². The topological polar surface area (TPSA) is 32.6 Å². The van der Waals surface area contributed by atoms with Crippen molar-refractivity contribution in [1.82, 2.24) is 9.38 Å². The molecule has 170 valence electrons. The van der Waals surface area contributed by atoms with Crippen molar-refractivity contribution in [3.05, 3.63) is 93.9 Å². The van der Waals surface area contributed by atoms with Crippen molar-refractivity contribution in [3.8, 4) is 0 Å². The van der Waals surface area contributed by atoms with E-state index in [9.17, 15) is 0 Å². The Morgan fingerprint density at radius 1 is 0.909 bits per heavy atom. The largest absolute Gasteiger partial charge is 0.379 e. The monoisotopic (exact) mass is 478 g/mol. The summed E-state index contributed by atoms with van der Waals surface area (Å²) >= 11 is 12.3. The van der Waals surface area contributed by atoms with Crippen LogP contribution < -0.4 is 10.2 Å². The van der Waals surface area contributed by atoms with Crippen LogP contribution in [0.1, 0.15) is 42.6 Å². The second-order valence-electron chi connectivity index (χ2n) is 8.65. The van der Waals surface area contributed by atoms with E-state index in [0.29, 0.717) is 17.5 Å². The van der Waals surface area contributed by atoms with Crippen molar-refractivity contribution in [2.24, 2.45) is 0 Å². The SMILES string of the molecule is CCc1nc2ccc(Cl)cn2c1CNc1ccc(N2CCC(c3ccc(Cl)cc3)CC2)cc1. The Balaban J connectivity index is 1.22. The Morgan fingerprint density at radius 2 is 1.61 bits per heavy atom. The van der Waals surface area contributed by atoms with E-state index in [1.807, 2.05) is 30.5 Å². The minimum absolute atomic E-state index is 0.617. The normalized spacial score (nSPS) is 14.7. The molecule has 4 nitrogen and oxygen atoms in total. The first-order valence-corrected chi connectivity index (χ1v) is 12.4. The van der Waals surface area contributed by atoms with Gasteiger partial charge in [-0.05, 0) is 79.3 Å². The van der Waals surface area contributed by atoms with Crippen LogP contribution in [0, 0.1) is 0 Å². The molecule has 1 saturated heterocycles. The number of nitrogens with zero attached hydrogens (tertiary/aromatic N) is 3. The van der Waals surface area contributed by atoms with Crippen LogP contribution in [-0.4, -0.2) is 22.5 Å². The summed E-state index contributed by atoms with van der Waals surface area (Å²) in [4.78, 5) is 7.23. The Labute approximate surface area is 205 Å². The highest BCUT2D eigenvalue weighted by Gasteiger charge is 2.21. The van der Waals surface area contributed by atoms with Gasteiger partial charge in [-0.1, -0.05) is 42.3 Å². The van der Waals surface area contributed by atoms with E-state index in [-0.39, 0.29) is 0 Å². The molecule has 0 amide bonds. The lowest BCUT2D eigenvalue weighted by atomic mass is 9.89. The second-order valence-corrected chi connectivity index (χ2v) is 9.52. The van der Waals surface area contributed by atoms with Gasteiger partial charge in [0.25, 0.3) is 0 Å². The third-order valence-corrected chi connectivity index (χ3v) is 7.10. The minimum atomic E-state index is 0.617. The van der Waals surface area contributed by atoms with Crippen LogP contribution in [0.5, 0.6) is 0 Å². The average Bonchev–Trinajstić information content (AvgIpc) is 3.20. The summed E-state index contributed by atoms with van der Waals surface area (Å²) in [6, 6.07) is 21.0. The molecule has 5 rings (SSSR count). The Hall–Kier alpha value is -2.69. The van der Waals surface area contributed by atoms with Crippen molar-refractivity contribution in [3.63, 3.8) is 0 Å². The summed E-state index contributed by atoms with van der Waals surface area (Å²) in [7, 11) is 0. The maximum atomic E-state index is 6.22. The van der Waals surface area contributed by atoms with E-state index >= 15 is 0 Å². The number of piperidine rings is 1. The van der Waals surface area contributed by atoms with Gasteiger partial charge < -0.3 is 14.6 Å². The zero-order valence-electron chi connectivity index (χ0n) is 18.8. The van der Waals surface area contributed by atoms with Crippen molar-refractivity contribution < 1.29 is 0 Å². The second kappa shape index (κ2) is 9.66. The van der Waals surface area contributed by atoms with Gasteiger partial charge in [0.2, 0.25) is 0 Å².